The fraction of sp³-hybridized carbons (Fsp3) is 0.472. The summed E-state index contributed by atoms with van der Waals surface area (Å²) in [5, 5.41) is 2.43. The minimum atomic E-state index is -3.50. The van der Waals surface area contributed by atoms with Crippen molar-refractivity contribution in [3.05, 3.63) is 53.4 Å². The van der Waals surface area contributed by atoms with Gasteiger partial charge in [-0.25, -0.2) is 13.4 Å². The van der Waals surface area contributed by atoms with Crippen molar-refractivity contribution < 1.29 is 32.0 Å². The van der Waals surface area contributed by atoms with Crippen molar-refractivity contribution in [1.29, 1.82) is 0 Å². The van der Waals surface area contributed by atoms with Gasteiger partial charge in [-0.3, -0.25) is 19.1 Å². The minimum absolute atomic E-state index is 0.0971. The molecule has 2 aliphatic carbocycles. The predicted molar refractivity (Wildman–Crippen MR) is 190 cm³/mol. The van der Waals surface area contributed by atoms with Crippen LogP contribution in [0.25, 0.3) is 32.8 Å². The molecule has 1 aromatic carbocycles. The average Bonchev–Trinajstić information content (AvgIpc) is 3.97. The number of likely N-dealkylation sites (tertiary alicyclic amines) is 1. The number of fused-ring (bicyclic) bond motifs is 3. The van der Waals surface area contributed by atoms with Crippen molar-refractivity contribution in [1.82, 2.24) is 19.6 Å². The highest BCUT2D eigenvalue weighted by atomic mass is 32.2. The van der Waals surface area contributed by atoms with Gasteiger partial charge < -0.3 is 19.8 Å². The lowest BCUT2D eigenvalue weighted by Crippen LogP contribution is -2.43. The number of hydrogen-bond acceptors (Lipinski definition) is 10. The second-order valence-electron chi connectivity index (χ2n) is 13.6. The number of nitrogens with two attached hydrogens (primary N) is 1. The Hall–Kier alpha value is -4.30. The number of ether oxygens (including phenoxy) is 1. The van der Waals surface area contributed by atoms with Crippen molar-refractivity contribution in [2.45, 2.75) is 88.5 Å². The Morgan fingerprint density at radius 1 is 1.10 bits per heavy atom. The van der Waals surface area contributed by atoms with Crippen LogP contribution in [0.1, 0.15) is 69.8 Å². The number of sulfonamides is 1. The molecule has 3 fully saturated rings. The summed E-state index contributed by atoms with van der Waals surface area (Å²) < 4.78 is 38.8. The van der Waals surface area contributed by atoms with Gasteiger partial charge in [-0.1, -0.05) is 37.1 Å². The number of primary amides is 1. The van der Waals surface area contributed by atoms with Crippen molar-refractivity contribution in [2.75, 3.05) is 6.54 Å². The highest BCUT2D eigenvalue weighted by Crippen LogP contribution is 2.41. The molecule has 0 radical (unpaired) electrons. The Balaban J connectivity index is 0.899. The zero-order valence-corrected chi connectivity index (χ0v) is 29.5. The largest absolute Gasteiger partial charge is 0.470 e. The van der Waals surface area contributed by atoms with Crippen molar-refractivity contribution >= 4 is 61.2 Å². The monoisotopic (exact) mass is 719 g/mol. The van der Waals surface area contributed by atoms with Crippen LogP contribution in [0.3, 0.4) is 0 Å². The third kappa shape index (κ3) is 7.41. The summed E-state index contributed by atoms with van der Waals surface area (Å²) in [4.78, 5) is 50.0. The number of aromatic nitrogens is 2. The van der Waals surface area contributed by atoms with E-state index in [0.717, 1.165) is 41.5 Å². The topological polar surface area (TPSA) is 175 Å². The van der Waals surface area contributed by atoms with Crippen LogP contribution in [0.2, 0.25) is 0 Å². The van der Waals surface area contributed by atoms with Gasteiger partial charge >= 0.3 is 0 Å². The molecule has 4 atom stereocenters. The number of amides is 3. The molecular formula is C36H41N5O7S2. The van der Waals surface area contributed by atoms with Gasteiger partial charge in [0.25, 0.3) is 5.88 Å². The number of furan rings is 1. The Bertz CT molecular complexity index is 2070. The number of unbranched alkanes of at least 4 members (excludes halogenated alkanes) is 4. The van der Waals surface area contributed by atoms with E-state index in [4.69, 9.17) is 24.9 Å². The number of carbonyl (C=O) groups is 3. The maximum atomic E-state index is 13.3. The molecule has 0 spiro atoms. The van der Waals surface area contributed by atoms with Crippen LogP contribution < -0.4 is 15.2 Å². The molecule has 3 N–H and O–H groups in total. The van der Waals surface area contributed by atoms with Gasteiger partial charge in [0.05, 0.1) is 16.7 Å². The first-order valence-electron chi connectivity index (χ1n) is 17.3. The maximum Gasteiger partial charge on any atom is 0.262 e. The molecule has 3 aromatic heterocycles. The number of rotatable bonds is 15. The maximum absolute atomic E-state index is 13.3. The van der Waals surface area contributed by atoms with Crippen LogP contribution in [-0.2, 0) is 24.4 Å². The van der Waals surface area contributed by atoms with E-state index in [-0.39, 0.29) is 42.5 Å². The fourth-order valence-electron chi connectivity index (χ4n) is 6.65. The van der Waals surface area contributed by atoms with E-state index in [0.29, 0.717) is 54.6 Å². The molecule has 0 bridgehead atoms. The van der Waals surface area contributed by atoms with Crippen molar-refractivity contribution in [3.63, 3.8) is 0 Å². The van der Waals surface area contributed by atoms with E-state index in [1.165, 1.54) is 4.90 Å². The third-order valence-electron chi connectivity index (χ3n) is 9.72. The molecule has 0 unspecified atom stereocenters. The summed E-state index contributed by atoms with van der Waals surface area (Å²) in [7, 11) is -3.50. The summed E-state index contributed by atoms with van der Waals surface area (Å²) in [6.07, 6.45) is 10.3. The molecule has 264 valence electrons. The Morgan fingerprint density at radius 2 is 1.90 bits per heavy atom. The lowest BCUT2D eigenvalue weighted by atomic mass is 10.1. The van der Waals surface area contributed by atoms with Gasteiger partial charge in [0, 0.05) is 24.1 Å². The molecule has 1 aliphatic heterocycles. The number of hydrogen-bond donors (Lipinski definition) is 2. The van der Waals surface area contributed by atoms with Crippen LogP contribution in [0.5, 0.6) is 5.88 Å². The van der Waals surface area contributed by atoms with Crippen LogP contribution in [0, 0.1) is 18.8 Å². The number of nitrogens with zero attached hydrogens (tertiary/aromatic N) is 3. The van der Waals surface area contributed by atoms with Gasteiger partial charge in [-0.05, 0) is 80.5 Å². The van der Waals surface area contributed by atoms with E-state index in [9.17, 15) is 22.8 Å². The number of para-hydroxylation sites is 1. The first kappa shape index (κ1) is 34.2. The minimum Gasteiger partial charge on any atom is -0.470 e. The predicted octanol–water partition coefficient (Wildman–Crippen LogP) is 5.39. The fourth-order valence-corrected chi connectivity index (χ4v) is 8.86. The molecule has 1 saturated heterocycles. The zero-order chi connectivity index (χ0) is 35.0. The quantitative estimate of drug-likeness (QED) is 0.121. The summed E-state index contributed by atoms with van der Waals surface area (Å²) in [5.74, 6) is -0.448. The highest BCUT2D eigenvalue weighted by molar-refractivity contribution is 7.90. The second-order valence-corrected chi connectivity index (χ2v) is 16.5. The average molecular weight is 720 g/mol. The first-order valence-corrected chi connectivity index (χ1v) is 19.7. The van der Waals surface area contributed by atoms with E-state index < -0.39 is 33.3 Å². The number of thiophene rings is 1. The van der Waals surface area contributed by atoms with Crippen LogP contribution in [-0.4, -0.2) is 64.9 Å². The molecule has 50 heavy (non-hydrogen) atoms. The smallest absolute Gasteiger partial charge is 0.262 e. The first-order chi connectivity index (χ1) is 24.1. The van der Waals surface area contributed by atoms with E-state index >= 15 is 0 Å². The van der Waals surface area contributed by atoms with Gasteiger partial charge in [0.15, 0.2) is 5.82 Å². The third-order valence-corrected chi connectivity index (χ3v) is 12.6. The summed E-state index contributed by atoms with van der Waals surface area (Å²) in [6.45, 7) is 2.22. The number of benzene rings is 1. The van der Waals surface area contributed by atoms with Crippen LogP contribution in [0.4, 0.5) is 0 Å². The number of nitrogens with one attached hydrogen (secondary N) is 1. The second kappa shape index (κ2) is 14.1. The van der Waals surface area contributed by atoms with Gasteiger partial charge in [-0.2, -0.15) is 4.98 Å². The summed E-state index contributed by atoms with van der Waals surface area (Å²) in [5.41, 5.74) is 8.53. The number of aryl methyl sites for hydroxylation is 1. The standard InChI is InChI=1S/C36H41N5O7S2/c1-21-16-17-49-32(21)34-38-30-25-11-8-9-12-28(25)48-31(30)36(39-34)47-23-19-27(33(37)43)41(20-23)29(42)13-7-5-3-2-4-6-10-22-18-26(22)35(44)40-50(45,46)24-14-15-24/h6,8-12,16-17,22-24,26-27H,2-5,7,13-15,18-20H2,1H3,(H2,37,43)(H,40,44)/b10-6-/t22-,23-,26+,27+/m1/s1. The van der Waals surface area contributed by atoms with Crippen LogP contribution in [0.15, 0.2) is 52.3 Å². The molecule has 14 heteroatoms. The molecule has 3 aliphatic rings. The summed E-state index contributed by atoms with van der Waals surface area (Å²) >= 11 is 1.54. The molecule has 4 aromatic rings. The van der Waals surface area contributed by atoms with E-state index in [1.54, 1.807) is 11.3 Å². The molecule has 2 saturated carbocycles. The molecular weight excluding hydrogens is 679 g/mol. The normalized spacial score (nSPS) is 22.1. The van der Waals surface area contributed by atoms with Gasteiger partial charge in [-0.15, -0.1) is 11.3 Å². The lowest BCUT2D eigenvalue weighted by molar-refractivity contribution is -0.137. The molecule has 12 nitrogen and oxygen atoms in total. The van der Waals surface area contributed by atoms with Gasteiger partial charge in [0.1, 0.15) is 23.2 Å². The molecule has 4 heterocycles. The Morgan fingerprint density at radius 3 is 2.66 bits per heavy atom. The van der Waals surface area contributed by atoms with Gasteiger partial charge in [0.2, 0.25) is 33.3 Å². The van der Waals surface area contributed by atoms with E-state index in [2.05, 4.69) is 10.8 Å². The zero-order valence-electron chi connectivity index (χ0n) is 27.9. The van der Waals surface area contributed by atoms with Crippen molar-refractivity contribution in [2.24, 2.45) is 17.6 Å². The van der Waals surface area contributed by atoms with Crippen LogP contribution >= 0.6 is 11.3 Å². The molecule has 7 rings (SSSR count). The lowest BCUT2D eigenvalue weighted by Gasteiger charge is -2.21. The van der Waals surface area contributed by atoms with E-state index in [1.807, 2.05) is 48.7 Å². The SMILES string of the molecule is Cc1ccsc1-c1nc(O[C@@H]2C[C@@H](C(N)=O)N(C(=O)CCCCCC/C=C\[C@@H]3C[C@@H]3C(=O)NS(=O)(=O)C3CC3)C2)c2oc3ccccc3c2n1. The summed E-state index contributed by atoms with van der Waals surface area (Å²) in [6, 6.07) is 8.86. The Kier molecular flexibility index (Phi) is 9.66. The van der Waals surface area contributed by atoms with Crippen molar-refractivity contribution in [3.8, 4) is 16.6 Å². The number of allylic oxidation sites excluding steroid dienone is 2. The highest BCUT2D eigenvalue weighted by Gasteiger charge is 2.45. The number of carbonyl (C=O) groups excluding carboxylic acids is 3. The molecule has 3 amide bonds. The Labute approximate surface area is 294 Å².